The predicted octanol–water partition coefficient (Wildman–Crippen LogP) is 3.97. The van der Waals surface area contributed by atoms with E-state index in [2.05, 4.69) is 10.2 Å². The molecule has 10 heteroatoms. The molecule has 2 amide bonds. The maximum absolute atomic E-state index is 12.6. The Bertz CT molecular complexity index is 1110. The van der Waals surface area contributed by atoms with Gasteiger partial charge in [0.05, 0.1) is 25.4 Å². The van der Waals surface area contributed by atoms with Crippen molar-refractivity contribution in [3.63, 3.8) is 0 Å². The van der Waals surface area contributed by atoms with Gasteiger partial charge >= 0.3 is 0 Å². The third-order valence-corrected chi connectivity index (χ3v) is 7.89. The van der Waals surface area contributed by atoms with E-state index in [9.17, 15) is 19.8 Å². The molecule has 5 N–H and O–H groups in total. The number of likely N-dealkylation sites (tertiary alicyclic amines) is 1. The smallest absolute Gasteiger partial charge is 0.243 e. The molecule has 2 heterocycles. The molecule has 0 saturated carbocycles. The molecule has 0 aliphatic carbocycles. The summed E-state index contributed by atoms with van der Waals surface area (Å²) in [6.07, 6.45) is 5.45. The Kier molecular flexibility index (Phi) is 12.1. The highest BCUT2D eigenvalue weighted by Gasteiger charge is 2.35. The summed E-state index contributed by atoms with van der Waals surface area (Å²) >= 11 is 0. The van der Waals surface area contributed by atoms with E-state index in [1.54, 1.807) is 5.48 Å². The lowest BCUT2D eigenvalue weighted by Gasteiger charge is -2.38. The van der Waals surface area contributed by atoms with Gasteiger partial charge in [0.1, 0.15) is 0 Å². The second-order valence-electron chi connectivity index (χ2n) is 10.9. The molecule has 4 atom stereocenters. The van der Waals surface area contributed by atoms with Gasteiger partial charge in [-0.2, -0.15) is 0 Å². The van der Waals surface area contributed by atoms with Crippen LogP contribution in [0.4, 0.5) is 5.69 Å². The summed E-state index contributed by atoms with van der Waals surface area (Å²) in [7, 11) is 0. The molecule has 0 bridgehead atoms. The zero-order chi connectivity index (χ0) is 29.0. The number of carbonyl (C=O) groups is 2. The summed E-state index contributed by atoms with van der Waals surface area (Å²) < 4.78 is 12.9. The highest BCUT2D eigenvalue weighted by Crippen LogP contribution is 2.39. The van der Waals surface area contributed by atoms with Gasteiger partial charge in [-0.1, -0.05) is 49.2 Å². The van der Waals surface area contributed by atoms with E-state index in [-0.39, 0.29) is 43.8 Å². The van der Waals surface area contributed by atoms with Gasteiger partial charge in [-0.25, -0.2) is 5.48 Å². The number of hydrogen-bond donors (Lipinski definition) is 5. The lowest BCUT2D eigenvalue weighted by atomic mass is 9.99. The lowest BCUT2D eigenvalue weighted by Crippen LogP contribution is -2.42. The molecule has 10 nitrogen and oxygen atoms in total. The lowest BCUT2D eigenvalue weighted by molar-refractivity contribution is -0.253. The molecule has 2 saturated heterocycles. The first-order valence-corrected chi connectivity index (χ1v) is 14.7. The predicted molar refractivity (Wildman–Crippen MR) is 153 cm³/mol. The fourth-order valence-electron chi connectivity index (χ4n) is 5.60. The van der Waals surface area contributed by atoms with Gasteiger partial charge in [0.2, 0.25) is 11.8 Å². The zero-order valence-electron chi connectivity index (χ0n) is 23.5. The maximum atomic E-state index is 12.6. The normalized spacial score (nSPS) is 22.9. The van der Waals surface area contributed by atoms with Crippen LogP contribution in [0.5, 0.6) is 0 Å². The summed E-state index contributed by atoms with van der Waals surface area (Å²) in [5, 5.41) is 30.8. The first-order valence-electron chi connectivity index (χ1n) is 14.7. The summed E-state index contributed by atoms with van der Waals surface area (Å²) in [6.45, 7) is 1.77. The summed E-state index contributed by atoms with van der Waals surface area (Å²) in [5.74, 6) is -0.472. The van der Waals surface area contributed by atoms with Crippen LogP contribution in [0.1, 0.15) is 86.9 Å². The van der Waals surface area contributed by atoms with Crippen molar-refractivity contribution < 1.29 is 34.5 Å². The van der Waals surface area contributed by atoms with Gasteiger partial charge in [0, 0.05) is 43.1 Å². The molecule has 224 valence electrons. The molecule has 2 aliphatic heterocycles. The van der Waals surface area contributed by atoms with Crippen molar-refractivity contribution in [2.75, 3.05) is 25.0 Å². The molecule has 2 aromatic rings. The Labute approximate surface area is 241 Å². The van der Waals surface area contributed by atoms with Crippen LogP contribution in [0.15, 0.2) is 48.5 Å². The molecule has 0 unspecified atom stereocenters. The van der Waals surface area contributed by atoms with Gasteiger partial charge < -0.3 is 25.0 Å². The topological polar surface area (TPSA) is 141 Å². The quantitative estimate of drug-likeness (QED) is 0.131. The molecule has 4 rings (SSSR count). The molecule has 2 aromatic carbocycles. The van der Waals surface area contributed by atoms with Crippen LogP contribution in [-0.4, -0.2) is 64.0 Å². The Morgan fingerprint density at radius 3 is 2.39 bits per heavy atom. The largest absolute Gasteiger partial charge is 0.395 e. The monoisotopic (exact) mass is 569 g/mol. The Morgan fingerprint density at radius 2 is 1.68 bits per heavy atom. The van der Waals surface area contributed by atoms with Gasteiger partial charge in [0.15, 0.2) is 6.29 Å². The van der Waals surface area contributed by atoms with Gasteiger partial charge in [-0.3, -0.25) is 19.7 Å². The number of aliphatic hydroxyl groups is 2. The highest BCUT2D eigenvalue weighted by molar-refractivity contribution is 5.90. The van der Waals surface area contributed by atoms with Crippen LogP contribution in [0.25, 0.3) is 0 Å². The zero-order valence-corrected chi connectivity index (χ0v) is 23.5. The first-order chi connectivity index (χ1) is 20.0. The second-order valence-corrected chi connectivity index (χ2v) is 10.9. The van der Waals surface area contributed by atoms with Crippen LogP contribution in [0.2, 0.25) is 0 Å². The van der Waals surface area contributed by atoms with Crippen molar-refractivity contribution >= 4 is 17.5 Å². The minimum Gasteiger partial charge on any atom is -0.395 e. The van der Waals surface area contributed by atoms with Crippen molar-refractivity contribution in [2.45, 2.75) is 88.9 Å². The minimum absolute atomic E-state index is 0.0143. The third-order valence-electron chi connectivity index (χ3n) is 7.89. The van der Waals surface area contributed by atoms with Gasteiger partial charge in [0.25, 0.3) is 0 Å². The SMILES string of the molecule is O=C(CCCCCCC(=O)Nc1cccc([C@@H]2O[C@H](CN3CCC[C@H]3CO)C[C@H](c3ccc(CO)cc3)O2)c1)NO. The molecule has 2 fully saturated rings. The standard InChI is InChI=1S/C31H43N3O7/c35-20-22-12-14-23(15-13-22)28-18-27(19-34-16-6-9-26(34)21-36)40-31(41-28)24-7-5-8-25(17-24)32-29(37)10-3-1-2-4-11-30(38)33-39/h5,7-8,12-15,17,26-28,31,35-36,39H,1-4,6,9-11,16,18-21H2,(H,32,37)(H,33,38)/t26-,27-,28+,31+/m0/s1. The summed E-state index contributed by atoms with van der Waals surface area (Å²) in [5.41, 5.74) is 4.97. The fraction of sp³-hybridized carbons (Fsp3) is 0.548. The molecule has 2 aliphatic rings. The number of benzene rings is 2. The van der Waals surface area contributed by atoms with E-state index in [0.29, 0.717) is 37.9 Å². The van der Waals surface area contributed by atoms with Crippen LogP contribution in [-0.2, 0) is 25.7 Å². The van der Waals surface area contributed by atoms with Crippen molar-refractivity contribution in [2.24, 2.45) is 0 Å². The van der Waals surface area contributed by atoms with Crippen molar-refractivity contribution in [3.8, 4) is 0 Å². The van der Waals surface area contributed by atoms with E-state index in [0.717, 1.165) is 48.9 Å². The first kappa shape index (κ1) is 31.1. The summed E-state index contributed by atoms with van der Waals surface area (Å²) in [6, 6.07) is 15.5. The van der Waals surface area contributed by atoms with Crippen LogP contribution >= 0.6 is 0 Å². The van der Waals surface area contributed by atoms with Crippen molar-refractivity contribution in [1.82, 2.24) is 10.4 Å². The van der Waals surface area contributed by atoms with Crippen LogP contribution < -0.4 is 10.8 Å². The van der Waals surface area contributed by atoms with Gasteiger partial charge in [-0.05, 0) is 55.5 Å². The number of aliphatic hydroxyl groups excluding tert-OH is 2. The number of hydroxylamine groups is 1. The van der Waals surface area contributed by atoms with E-state index in [1.807, 2.05) is 48.5 Å². The molecule has 41 heavy (non-hydrogen) atoms. The Hall–Kier alpha value is -2.86. The molecule has 0 spiro atoms. The van der Waals surface area contributed by atoms with E-state index in [1.165, 1.54) is 0 Å². The Balaban J connectivity index is 1.38. The number of unbranched alkanes of at least 4 members (excludes halogenated alkanes) is 3. The molecule has 0 radical (unpaired) electrons. The second kappa shape index (κ2) is 16.0. The van der Waals surface area contributed by atoms with E-state index >= 15 is 0 Å². The minimum atomic E-state index is -0.626. The number of amides is 2. The Morgan fingerprint density at radius 1 is 0.927 bits per heavy atom. The molecular formula is C31H43N3O7. The van der Waals surface area contributed by atoms with Crippen molar-refractivity contribution in [1.29, 1.82) is 0 Å². The number of rotatable bonds is 14. The average Bonchev–Trinajstić information content (AvgIpc) is 3.45. The van der Waals surface area contributed by atoms with Crippen LogP contribution in [0.3, 0.4) is 0 Å². The van der Waals surface area contributed by atoms with E-state index in [4.69, 9.17) is 14.7 Å². The number of nitrogens with one attached hydrogen (secondary N) is 2. The van der Waals surface area contributed by atoms with Crippen molar-refractivity contribution in [3.05, 3.63) is 65.2 Å². The highest BCUT2D eigenvalue weighted by atomic mass is 16.7. The molecular weight excluding hydrogens is 526 g/mol. The van der Waals surface area contributed by atoms with E-state index < -0.39 is 12.2 Å². The molecule has 0 aromatic heterocycles. The van der Waals surface area contributed by atoms with Crippen LogP contribution in [0, 0.1) is 0 Å². The number of carbonyl (C=O) groups excluding carboxylic acids is 2. The van der Waals surface area contributed by atoms with Gasteiger partial charge in [-0.15, -0.1) is 0 Å². The number of ether oxygens (including phenoxy) is 2. The number of hydrogen-bond acceptors (Lipinski definition) is 8. The number of anilines is 1. The average molecular weight is 570 g/mol. The third kappa shape index (κ3) is 9.32. The maximum Gasteiger partial charge on any atom is 0.243 e. The fourth-order valence-corrected chi connectivity index (χ4v) is 5.60. The summed E-state index contributed by atoms with van der Waals surface area (Å²) in [4.78, 5) is 25.9. The number of nitrogens with zero attached hydrogens (tertiary/aromatic N) is 1.